The molecule has 0 aromatic heterocycles. The summed E-state index contributed by atoms with van der Waals surface area (Å²) in [4.78, 5) is 18.7. The smallest absolute Gasteiger partial charge is 0.221 e. The second kappa shape index (κ2) is 13.2. The number of hydrogen-bond acceptors (Lipinski definition) is 4. The van der Waals surface area contributed by atoms with Gasteiger partial charge < -0.3 is 20.7 Å². The fraction of sp³-hybridized carbons (Fsp3) is 0.652. The number of aliphatic imine (C=N–C) groups is 1. The van der Waals surface area contributed by atoms with Gasteiger partial charge in [-0.25, -0.2) is 4.99 Å². The molecule has 31 heavy (non-hydrogen) atoms. The van der Waals surface area contributed by atoms with Gasteiger partial charge in [0.25, 0.3) is 0 Å². The van der Waals surface area contributed by atoms with Gasteiger partial charge in [0.2, 0.25) is 5.91 Å². The number of carbonyl (C=O) groups excluding carboxylic acids is 1. The molecule has 3 N–H and O–H groups in total. The first-order valence-electron chi connectivity index (χ1n) is 11.3. The van der Waals surface area contributed by atoms with Crippen molar-refractivity contribution in [1.29, 1.82) is 0 Å². The molecule has 174 valence electrons. The lowest BCUT2D eigenvalue weighted by Gasteiger charge is -2.48. The topological polar surface area (TPSA) is 78.0 Å². The van der Waals surface area contributed by atoms with Gasteiger partial charge in [-0.15, -0.1) is 24.0 Å². The van der Waals surface area contributed by atoms with Gasteiger partial charge in [-0.3, -0.25) is 9.69 Å². The highest BCUT2D eigenvalue weighted by Gasteiger charge is 2.38. The van der Waals surface area contributed by atoms with E-state index in [-0.39, 0.29) is 35.4 Å². The Morgan fingerprint density at radius 1 is 1.16 bits per heavy atom. The van der Waals surface area contributed by atoms with E-state index in [1.54, 1.807) is 0 Å². The zero-order valence-corrected chi connectivity index (χ0v) is 21.2. The van der Waals surface area contributed by atoms with Crippen LogP contribution in [0.3, 0.4) is 0 Å². The number of carbonyl (C=O) groups is 1. The summed E-state index contributed by atoms with van der Waals surface area (Å²) in [5, 5.41) is 9.85. The van der Waals surface area contributed by atoms with Gasteiger partial charge >= 0.3 is 0 Å². The van der Waals surface area contributed by atoms with Crippen molar-refractivity contribution in [1.82, 2.24) is 15.5 Å². The molecule has 1 aliphatic carbocycles. The van der Waals surface area contributed by atoms with Crippen LogP contribution in [0.15, 0.2) is 29.3 Å². The predicted octanol–water partition coefficient (Wildman–Crippen LogP) is 3.35. The quantitative estimate of drug-likeness (QED) is 0.280. The molecule has 2 fully saturated rings. The number of ether oxygens (including phenoxy) is 1. The molecule has 1 aromatic carbocycles. The van der Waals surface area contributed by atoms with E-state index in [9.17, 15) is 4.79 Å². The number of hydrogen-bond donors (Lipinski definition) is 3. The van der Waals surface area contributed by atoms with Crippen molar-refractivity contribution in [3.8, 4) is 0 Å². The molecule has 0 spiro atoms. The number of nitrogens with zero attached hydrogens (tertiary/aromatic N) is 2. The van der Waals surface area contributed by atoms with Gasteiger partial charge in [0.05, 0.1) is 19.8 Å². The molecular formula is C23H38IN5O2. The second-order valence-corrected chi connectivity index (χ2v) is 8.31. The Bertz CT molecular complexity index is 716. The zero-order chi connectivity index (χ0) is 21.2. The number of amides is 1. The molecule has 3 rings (SSSR count). The summed E-state index contributed by atoms with van der Waals surface area (Å²) in [6.45, 7) is 9.61. The maximum atomic E-state index is 11.3. The van der Waals surface area contributed by atoms with Crippen LogP contribution in [0.4, 0.5) is 5.69 Å². The van der Waals surface area contributed by atoms with Crippen LogP contribution in [0.5, 0.6) is 0 Å². The monoisotopic (exact) mass is 543 g/mol. The molecule has 1 saturated heterocycles. The maximum absolute atomic E-state index is 11.3. The van der Waals surface area contributed by atoms with Crippen molar-refractivity contribution in [3.63, 3.8) is 0 Å². The minimum Gasteiger partial charge on any atom is -0.379 e. The van der Waals surface area contributed by atoms with Crippen LogP contribution in [0.2, 0.25) is 0 Å². The molecule has 1 amide bonds. The Labute approximate surface area is 203 Å². The minimum atomic E-state index is -0.0634. The van der Waals surface area contributed by atoms with Crippen molar-refractivity contribution >= 4 is 41.5 Å². The summed E-state index contributed by atoms with van der Waals surface area (Å²) in [6.07, 6.45) is 6.40. The molecular weight excluding hydrogens is 505 g/mol. The first-order valence-corrected chi connectivity index (χ1v) is 11.3. The van der Waals surface area contributed by atoms with Crippen molar-refractivity contribution in [2.45, 2.75) is 58.0 Å². The molecule has 1 saturated carbocycles. The van der Waals surface area contributed by atoms with Gasteiger partial charge in [0.1, 0.15) is 0 Å². The first-order chi connectivity index (χ1) is 14.6. The van der Waals surface area contributed by atoms with Gasteiger partial charge in [0.15, 0.2) is 5.96 Å². The number of benzene rings is 1. The van der Waals surface area contributed by atoms with Crippen LogP contribution in [-0.2, 0) is 16.1 Å². The van der Waals surface area contributed by atoms with E-state index in [2.05, 4.69) is 27.8 Å². The summed E-state index contributed by atoms with van der Waals surface area (Å²) >= 11 is 0. The Balaban J connectivity index is 0.00000341. The SMILES string of the molecule is CCNC(=NCc1cccc(NC(C)=O)c1)NCC1(N2CCOCC2)CCCCC1.I. The van der Waals surface area contributed by atoms with E-state index in [0.29, 0.717) is 6.54 Å². The molecule has 0 bridgehead atoms. The Morgan fingerprint density at radius 3 is 2.58 bits per heavy atom. The molecule has 8 heteroatoms. The van der Waals surface area contributed by atoms with Crippen LogP contribution in [0.25, 0.3) is 0 Å². The van der Waals surface area contributed by atoms with E-state index in [1.165, 1.54) is 39.0 Å². The molecule has 0 radical (unpaired) electrons. The molecule has 0 unspecified atom stereocenters. The zero-order valence-electron chi connectivity index (χ0n) is 18.9. The molecule has 0 atom stereocenters. The lowest BCUT2D eigenvalue weighted by Crippen LogP contribution is -2.60. The fourth-order valence-corrected chi connectivity index (χ4v) is 4.56. The van der Waals surface area contributed by atoms with Gasteiger partial charge in [-0.1, -0.05) is 31.4 Å². The van der Waals surface area contributed by atoms with E-state index >= 15 is 0 Å². The number of anilines is 1. The Morgan fingerprint density at radius 2 is 1.90 bits per heavy atom. The first kappa shape index (κ1) is 25.9. The van der Waals surface area contributed by atoms with Gasteiger partial charge in [-0.2, -0.15) is 0 Å². The van der Waals surface area contributed by atoms with Crippen molar-refractivity contribution in [3.05, 3.63) is 29.8 Å². The van der Waals surface area contributed by atoms with Crippen molar-refractivity contribution in [2.75, 3.05) is 44.7 Å². The number of nitrogens with one attached hydrogen (secondary N) is 3. The fourth-order valence-electron chi connectivity index (χ4n) is 4.56. The van der Waals surface area contributed by atoms with Crippen molar-refractivity contribution < 1.29 is 9.53 Å². The Kier molecular flexibility index (Phi) is 11.0. The molecule has 7 nitrogen and oxygen atoms in total. The summed E-state index contributed by atoms with van der Waals surface area (Å²) in [5.74, 6) is 0.784. The standard InChI is InChI=1S/C23H37N5O2.HI/c1-3-24-22(25-17-20-8-7-9-21(16-20)27-19(2)29)26-18-23(10-5-4-6-11-23)28-12-14-30-15-13-28;/h7-9,16H,3-6,10-15,17-18H2,1-2H3,(H,27,29)(H2,24,25,26);1H. The third-order valence-electron chi connectivity index (χ3n) is 6.06. The van der Waals surface area contributed by atoms with Crippen LogP contribution in [0.1, 0.15) is 51.5 Å². The van der Waals surface area contributed by atoms with Gasteiger partial charge in [-0.05, 0) is 37.5 Å². The second-order valence-electron chi connectivity index (χ2n) is 8.31. The highest BCUT2D eigenvalue weighted by atomic mass is 127. The van der Waals surface area contributed by atoms with Crippen LogP contribution < -0.4 is 16.0 Å². The highest BCUT2D eigenvalue weighted by Crippen LogP contribution is 2.33. The molecule has 1 aliphatic heterocycles. The van der Waals surface area contributed by atoms with Gasteiger partial charge in [0, 0.05) is 44.3 Å². The van der Waals surface area contributed by atoms with E-state index in [4.69, 9.17) is 9.73 Å². The molecule has 1 aromatic rings. The number of guanidine groups is 1. The average Bonchev–Trinajstić information content (AvgIpc) is 2.77. The molecule has 2 aliphatic rings. The highest BCUT2D eigenvalue weighted by molar-refractivity contribution is 14.0. The summed E-state index contributed by atoms with van der Waals surface area (Å²) in [7, 11) is 0. The third kappa shape index (κ3) is 7.91. The predicted molar refractivity (Wildman–Crippen MR) is 137 cm³/mol. The summed E-state index contributed by atoms with van der Waals surface area (Å²) in [6, 6.07) is 7.86. The summed E-state index contributed by atoms with van der Waals surface area (Å²) in [5.41, 5.74) is 2.07. The number of morpholine rings is 1. The van der Waals surface area contributed by atoms with E-state index in [1.807, 2.05) is 24.3 Å². The number of rotatable bonds is 7. The largest absolute Gasteiger partial charge is 0.379 e. The third-order valence-corrected chi connectivity index (χ3v) is 6.06. The maximum Gasteiger partial charge on any atom is 0.221 e. The van der Waals surface area contributed by atoms with Crippen LogP contribution in [0, 0.1) is 0 Å². The minimum absolute atomic E-state index is 0. The Hall–Kier alpha value is -1.39. The van der Waals surface area contributed by atoms with Crippen molar-refractivity contribution in [2.24, 2.45) is 4.99 Å². The van der Waals surface area contributed by atoms with Crippen LogP contribution in [-0.4, -0.2) is 61.7 Å². The van der Waals surface area contributed by atoms with E-state index < -0.39 is 0 Å². The lowest BCUT2D eigenvalue weighted by atomic mass is 9.80. The lowest BCUT2D eigenvalue weighted by molar-refractivity contribution is -0.114. The molecule has 1 heterocycles. The van der Waals surface area contributed by atoms with E-state index in [0.717, 1.165) is 56.6 Å². The normalized spacial score (nSPS) is 19.2. The van der Waals surface area contributed by atoms with Crippen LogP contribution >= 0.6 is 24.0 Å². The number of halogens is 1. The summed E-state index contributed by atoms with van der Waals surface area (Å²) < 4.78 is 5.60. The average molecular weight is 543 g/mol.